The van der Waals surface area contributed by atoms with Gasteiger partial charge < -0.3 is 5.11 Å². The topological polar surface area (TPSA) is 20.2 Å². The van der Waals surface area contributed by atoms with Crippen LogP contribution in [0.5, 0.6) is 0 Å². The Morgan fingerprint density at radius 3 is 1.89 bits per heavy atom. The molecule has 0 radical (unpaired) electrons. The van der Waals surface area contributed by atoms with E-state index < -0.39 is 5.60 Å². The van der Waals surface area contributed by atoms with Gasteiger partial charge in [-0.05, 0) is 66.6 Å². The van der Waals surface area contributed by atoms with Crippen LogP contribution in [0, 0.1) is 17.4 Å². The highest BCUT2D eigenvalue weighted by Gasteiger charge is 2.25. The van der Waals surface area contributed by atoms with Crippen molar-refractivity contribution >= 4 is 22.6 Å². The molecule has 0 saturated heterocycles. The maximum atomic E-state index is 10.8. The van der Waals surface area contributed by atoms with E-state index in [2.05, 4.69) is 42.5 Å². The van der Waals surface area contributed by atoms with Crippen molar-refractivity contribution in [2.75, 3.05) is 0 Å². The Hall–Kier alpha value is -0.870. The van der Waals surface area contributed by atoms with Crippen molar-refractivity contribution in [1.29, 1.82) is 0 Å². The van der Waals surface area contributed by atoms with Crippen molar-refractivity contribution in [2.24, 2.45) is 0 Å². The Kier molecular flexibility index (Phi) is 3.78. The lowest BCUT2D eigenvalue weighted by Crippen LogP contribution is -2.23. The molecule has 2 heteroatoms. The lowest BCUT2D eigenvalue weighted by Gasteiger charge is -2.25. The minimum atomic E-state index is -0.943. The van der Waals surface area contributed by atoms with Crippen LogP contribution in [0.25, 0.3) is 0 Å². The fraction of sp³-hybridized carbons (Fsp3) is 0.250. The van der Waals surface area contributed by atoms with E-state index in [9.17, 15) is 5.11 Å². The summed E-state index contributed by atoms with van der Waals surface area (Å²) in [5.41, 5.74) is 3.28. The minimum absolute atomic E-state index is 0.924. The van der Waals surface area contributed by atoms with E-state index in [4.69, 9.17) is 0 Å². The van der Waals surface area contributed by atoms with Crippen molar-refractivity contribution < 1.29 is 5.11 Å². The first-order valence-electron chi connectivity index (χ1n) is 5.97. The maximum Gasteiger partial charge on any atom is 0.112 e. The lowest BCUT2D eigenvalue weighted by atomic mass is 9.86. The van der Waals surface area contributed by atoms with Gasteiger partial charge in [-0.2, -0.15) is 0 Å². The molecule has 2 rings (SSSR count). The fourth-order valence-corrected chi connectivity index (χ4v) is 2.56. The van der Waals surface area contributed by atoms with Crippen LogP contribution >= 0.6 is 22.6 Å². The average Bonchev–Trinajstić information content (AvgIpc) is 2.28. The van der Waals surface area contributed by atoms with Crippen molar-refractivity contribution in [3.63, 3.8) is 0 Å². The molecule has 18 heavy (non-hydrogen) atoms. The average molecular weight is 352 g/mol. The zero-order chi connectivity index (χ0) is 13.3. The van der Waals surface area contributed by atoms with Crippen LogP contribution in [-0.4, -0.2) is 5.11 Å². The first kappa shape index (κ1) is 13.6. The molecule has 0 aliphatic heterocycles. The normalized spacial score (nSPS) is 14.3. The van der Waals surface area contributed by atoms with Gasteiger partial charge in [0.2, 0.25) is 0 Å². The summed E-state index contributed by atoms with van der Waals surface area (Å²) in [5, 5.41) is 10.8. The Bertz CT molecular complexity index is 536. The van der Waals surface area contributed by atoms with Gasteiger partial charge in [0.05, 0.1) is 0 Å². The Balaban J connectivity index is 2.49. The monoisotopic (exact) mass is 352 g/mol. The van der Waals surface area contributed by atoms with Crippen molar-refractivity contribution in [3.05, 3.63) is 68.3 Å². The van der Waals surface area contributed by atoms with Gasteiger partial charge in [0.15, 0.2) is 0 Å². The van der Waals surface area contributed by atoms with E-state index in [1.165, 1.54) is 14.7 Å². The van der Waals surface area contributed by atoms with E-state index in [0.717, 1.165) is 11.1 Å². The van der Waals surface area contributed by atoms with Gasteiger partial charge in [-0.3, -0.25) is 0 Å². The van der Waals surface area contributed by atoms with Gasteiger partial charge in [-0.15, -0.1) is 0 Å². The zero-order valence-electron chi connectivity index (χ0n) is 10.9. The van der Waals surface area contributed by atoms with E-state index >= 15 is 0 Å². The smallest absolute Gasteiger partial charge is 0.112 e. The molecule has 2 aromatic rings. The molecule has 1 nitrogen and oxygen atoms in total. The van der Waals surface area contributed by atoms with Crippen LogP contribution in [0.3, 0.4) is 0 Å². The van der Waals surface area contributed by atoms with Gasteiger partial charge in [-0.1, -0.05) is 41.5 Å². The Labute approximate surface area is 122 Å². The number of hydrogen-bond acceptors (Lipinski definition) is 1. The second kappa shape index (κ2) is 5.02. The number of aryl methyl sites for hydroxylation is 2. The van der Waals surface area contributed by atoms with E-state index in [1.807, 2.05) is 43.3 Å². The van der Waals surface area contributed by atoms with Gasteiger partial charge in [0.1, 0.15) is 5.60 Å². The molecule has 1 atom stereocenters. The Morgan fingerprint density at radius 2 is 1.39 bits per heavy atom. The third-order valence-corrected chi connectivity index (χ3v) is 3.91. The SMILES string of the molecule is Cc1cc(C)cc(C(C)(O)c2ccc(I)cc2)c1. The van der Waals surface area contributed by atoms with E-state index in [0.29, 0.717) is 0 Å². The second-order valence-electron chi connectivity index (χ2n) is 4.96. The van der Waals surface area contributed by atoms with Crippen LogP contribution in [0.4, 0.5) is 0 Å². The third-order valence-electron chi connectivity index (χ3n) is 3.19. The van der Waals surface area contributed by atoms with E-state index in [-0.39, 0.29) is 0 Å². The summed E-state index contributed by atoms with van der Waals surface area (Å²) in [4.78, 5) is 0. The third kappa shape index (κ3) is 2.75. The standard InChI is InChI=1S/C16H17IO/c1-11-8-12(2)10-14(9-11)16(3,18)13-4-6-15(17)7-5-13/h4-10,18H,1-3H3. The van der Waals surface area contributed by atoms with Gasteiger partial charge in [0, 0.05) is 3.57 Å². The number of aliphatic hydroxyl groups is 1. The molecule has 0 saturated carbocycles. The van der Waals surface area contributed by atoms with E-state index in [1.54, 1.807) is 0 Å². The summed E-state index contributed by atoms with van der Waals surface area (Å²) >= 11 is 2.27. The molecule has 0 aromatic heterocycles. The van der Waals surface area contributed by atoms with Crippen LogP contribution in [-0.2, 0) is 5.60 Å². The largest absolute Gasteiger partial charge is 0.381 e. The highest BCUT2D eigenvalue weighted by molar-refractivity contribution is 14.1. The number of benzene rings is 2. The molecular weight excluding hydrogens is 335 g/mol. The van der Waals surface area contributed by atoms with Gasteiger partial charge in [-0.25, -0.2) is 0 Å². The molecule has 0 amide bonds. The molecule has 1 N–H and O–H groups in total. The number of rotatable bonds is 2. The molecule has 0 fully saturated rings. The highest BCUT2D eigenvalue weighted by atomic mass is 127. The molecule has 2 aromatic carbocycles. The molecular formula is C16H17IO. The number of hydrogen-bond donors (Lipinski definition) is 1. The van der Waals surface area contributed by atoms with Crippen LogP contribution < -0.4 is 0 Å². The van der Waals surface area contributed by atoms with Crippen molar-refractivity contribution in [1.82, 2.24) is 0 Å². The van der Waals surface area contributed by atoms with Gasteiger partial charge >= 0.3 is 0 Å². The molecule has 0 bridgehead atoms. The maximum absolute atomic E-state index is 10.8. The summed E-state index contributed by atoms with van der Waals surface area (Å²) in [6, 6.07) is 14.2. The predicted molar refractivity (Wildman–Crippen MR) is 83.7 cm³/mol. The minimum Gasteiger partial charge on any atom is -0.381 e. The summed E-state index contributed by atoms with van der Waals surface area (Å²) < 4.78 is 1.17. The van der Waals surface area contributed by atoms with Crippen molar-refractivity contribution in [3.8, 4) is 0 Å². The summed E-state index contributed by atoms with van der Waals surface area (Å²) in [5.74, 6) is 0. The first-order chi connectivity index (χ1) is 8.39. The highest BCUT2D eigenvalue weighted by Crippen LogP contribution is 2.30. The quantitative estimate of drug-likeness (QED) is 0.805. The van der Waals surface area contributed by atoms with Crippen molar-refractivity contribution in [2.45, 2.75) is 26.4 Å². The molecule has 94 valence electrons. The zero-order valence-corrected chi connectivity index (χ0v) is 13.0. The summed E-state index contributed by atoms with van der Waals surface area (Å²) in [6.07, 6.45) is 0. The summed E-state index contributed by atoms with van der Waals surface area (Å²) in [6.45, 7) is 5.96. The van der Waals surface area contributed by atoms with Crippen LogP contribution in [0.1, 0.15) is 29.2 Å². The molecule has 0 aliphatic rings. The lowest BCUT2D eigenvalue weighted by molar-refractivity contribution is 0.102. The second-order valence-corrected chi connectivity index (χ2v) is 6.20. The molecule has 0 heterocycles. The predicted octanol–water partition coefficient (Wildman–Crippen LogP) is 4.16. The number of halogens is 1. The first-order valence-corrected chi connectivity index (χ1v) is 7.04. The van der Waals surface area contributed by atoms with Gasteiger partial charge in [0.25, 0.3) is 0 Å². The van der Waals surface area contributed by atoms with Crippen LogP contribution in [0.2, 0.25) is 0 Å². The Morgan fingerprint density at radius 1 is 0.889 bits per heavy atom. The summed E-state index contributed by atoms with van der Waals surface area (Å²) in [7, 11) is 0. The molecule has 0 spiro atoms. The molecule has 0 aliphatic carbocycles. The fourth-order valence-electron chi connectivity index (χ4n) is 2.20. The molecule has 1 unspecified atom stereocenters. The van der Waals surface area contributed by atoms with Crippen LogP contribution in [0.15, 0.2) is 42.5 Å².